The van der Waals surface area contributed by atoms with Crippen molar-refractivity contribution in [2.75, 3.05) is 28.3 Å². The smallest absolute Gasteiger partial charge is 0.239 e. The van der Waals surface area contributed by atoms with Gasteiger partial charge in [-0.3, -0.25) is 4.79 Å². The number of carbonyl (C=O) groups is 1. The predicted molar refractivity (Wildman–Crippen MR) is 74.7 cm³/mol. The van der Waals surface area contributed by atoms with Crippen molar-refractivity contribution in [1.82, 2.24) is 4.90 Å². The fraction of sp³-hybridized carbons (Fsp3) is 0.500. The molecule has 5 heteroatoms. The Morgan fingerprint density at radius 1 is 1.26 bits per heavy atom. The van der Waals surface area contributed by atoms with E-state index in [-0.39, 0.29) is 5.91 Å². The third kappa shape index (κ3) is 3.61. The molecule has 1 unspecified atom stereocenters. The minimum Gasteiger partial charge on any atom is -0.496 e. The maximum Gasteiger partial charge on any atom is 0.239 e. The molecular weight excluding hydrogens is 244 g/mol. The fourth-order valence-electron chi connectivity index (χ4n) is 1.93. The average molecular weight is 266 g/mol. The van der Waals surface area contributed by atoms with E-state index in [1.807, 2.05) is 19.1 Å². The minimum atomic E-state index is -0.587. The molecule has 1 amide bonds. The summed E-state index contributed by atoms with van der Waals surface area (Å²) in [7, 11) is 6.60. The highest BCUT2D eigenvalue weighted by Crippen LogP contribution is 2.29. The summed E-state index contributed by atoms with van der Waals surface area (Å²) < 4.78 is 10.6. The maximum absolute atomic E-state index is 11.8. The lowest BCUT2D eigenvalue weighted by molar-refractivity contribution is -0.130. The molecule has 2 N–H and O–H groups in total. The molecule has 0 radical (unpaired) electrons. The van der Waals surface area contributed by atoms with Crippen LogP contribution >= 0.6 is 0 Å². The minimum absolute atomic E-state index is 0.110. The first-order valence-electron chi connectivity index (χ1n) is 6.09. The molecule has 0 heterocycles. The van der Waals surface area contributed by atoms with Crippen LogP contribution in [0.25, 0.3) is 0 Å². The second-order valence-electron chi connectivity index (χ2n) is 4.68. The Morgan fingerprint density at radius 2 is 1.84 bits per heavy atom. The van der Waals surface area contributed by atoms with Crippen molar-refractivity contribution in [1.29, 1.82) is 0 Å². The molecule has 0 saturated carbocycles. The third-order valence-electron chi connectivity index (χ3n) is 3.00. The first-order valence-corrected chi connectivity index (χ1v) is 6.09. The normalized spacial score (nSPS) is 11.9. The second-order valence-corrected chi connectivity index (χ2v) is 4.68. The lowest BCUT2D eigenvalue weighted by Crippen LogP contribution is -2.41. The van der Waals surface area contributed by atoms with Gasteiger partial charge in [-0.15, -0.1) is 0 Å². The number of hydrogen-bond donors (Lipinski definition) is 1. The molecule has 0 saturated heterocycles. The van der Waals surface area contributed by atoms with Gasteiger partial charge in [-0.1, -0.05) is 0 Å². The Balaban J connectivity index is 3.02. The number of rotatable bonds is 5. The standard InChI is InChI=1S/C14H22N2O3/c1-9-6-13(19-5)10(8-12(9)18-4)7-11(15)14(17)16(2)3/h6,8,11H,7,15H2,1-5H3. The first kappa shape index (κ1) is 15.3. The Hall–Kier alpha value is -1.75. The van der Waals surface area contributed by atoms with Gasteiger partial charge in [-0.2, -0.15) is 0 Å². The zero-order valence-corrected chi connectivity index (χ0v) is 12.2. The van der Waals surface area contributed by atoms with Crippen LogP contribution in [0.15, 0.2) is 12.1 Å². The van der Waals surface area contributed by atoms with E-state index in [1.165, 1.54) is 4.90 Å². The molecule has 0 aliphatic rings. The quantitative estimate of drug-likeness (QED) is 0.862. The van der Waals surface area contributed by atoms with Gasteiger partial charge in [0.05, 0.1) is 20.3 Å². The van der Waals surface area contributed by atoms with Crippen LogP contribution in [0.5, 0.6) is 11.5 Å². The van der Waals surface area contributed by atoms with Gasteiger partial charge < -0.3 is 20.1 Å². The molecule has 5 nitrogen and oxygen atoms in total. The summed E-state index contributed by atoms with van der Waals surface area (Å²) in [5, 5.41) is 0. The Bertz CT molecular complexity index is 458. The monoisotopic (exact) mass is 266 g/mol. The molecule has 106 valence electrons. The van der Waals surface area contributed by atoms with E-state index in [1.54, 1.807) is 28.3 Å². The van der Waals surface area contributed by atoms with Crippen LogP contribution in [0.2, 0.25) is 0 Å². The number of amides is 1. The molecule has 0 spiro atoms. The van der Waals surface area contributed by atoms with Crippen molar-refractivity contribution in [3.8, 4) is 11.5 Å². The summed E-state index contributed by atoms with van der Waals surface area (Å²) in [5.74, 6) is 1.38. The zero-order valence-electron chi connectivity index (χ0n) is 12.2. The highest BCUT2D eigenvalue weighted by atomic mass is 16.5. The van der Waals surface area contributed by atoms with Crippen LogP contribution < -0.4 is 15.2 Å². The Morgan fingerprint density at radius 3 is 2.32 bits per heavy atom. The van der Waals surface area contributed by atoms with Gasteiger partial charge in [-0.25, -0.2) is 0 Å². The number of nitrogens with zero attached hydrogens (tertiary/aromatic N) is 1. The lowest BCUT2D eigenvalue weighted by Gasteiger charge is -2.19. The van der Waals surface area contributed by atoms with Gasteiger partial charge in [0.25, 0.3) is 0 Å². The zero-order chi connectivity index (χ0) is 14.6. The van der Waals surface area contributed by atoms with E-state index in [4.69, 9.17) is 15.2 Å². The van der Waals surface area contributed by atoms with Gasteiger partial charge in [-0.05, 0) is 30.2 Å². The van der Waals surface area contributed by atoms with Crippen molar-refractivity contribution in [2.45, 2.75) is 19.4 Å². The SMILES string of the molecule is COc1cc(CC(N)C(=O)N(C)C)c(OC)cc1C. The van der Waals surface area contributed by atoms with E-state index < -0.39 is 6.04 Å². The van der Waals surface area contributed by atoms with E-state index >= 15 is 0 Å². The van der Waals surface area contributed by atoms with Crippen LogP contribution in [0.1, 0.15) is 11.1 Å². The number of methoxy groups -OCH3 is 2. The predicted octanol–water partition coefficient (Wildman–Crippen LogP) is 0.970. The number of likely N-dealkylation sites (N-methyl/N-ethyl adjacent to an activating group) is 1. The van der Waals surface area contributed by atoms with Crippen LogP contribution in [0.4, 0.5) is 0 Å². The average Bonchev–Trinajstić information content (AvgIpc) is 2.38. The van der Waals surface area contributed by atoms with Crippen LogP contribution in [0.3, 0.4) is 0 Å². The highest BCUT2D eigenvalue weighted by molar-refractivity contribution is 5.81. The second kappa shape index (κ2) is 6.43. The largest absolute Gasteiger partial charge is 0.496 e. The number of aryl methyl sites for hydroxylation is 1. The summed E-state index contributed by atoms with van der Waals surface area (Å²) in [6.45, 7) is 1.94. The Kier molecular flexibility index (Phi) is 5.18. The number of ether oxygens (including phenoxy) is 2. The molecular formula is C14H22N2O3. The summed E-state index contributed by atoms with van der Waals surface area (Å²) in [4.78, 5) is 13.3. The van der Waals surface area contributed by atoms with Crippen LogP contribution in [-0.4, -0.2) is 45.2 Å². The fourth-order valence-corrected chi connectivity index (χ4v) is 1.93. The molecule has 0 bridgehead atoms. The molecule has 0 aliphatic heterocycles. The van der Waals surface area contributed by atoms with Gasteiger partial charge in [0.15, 0.2) is 0 Å². The highest BCUT2D eigenvalue weighted by Gasteiger charge is 2.19. The molecule has 0 fully saturated rings. The summed E-state index contributed by atoms with van der Waals surface area (Å²) in [5.41, 5.74) is 7.77. The molecule has 0 aromatic heterocycles. The van der Waals surface area contributed by atoms with E-state index in [0.29, 0.717) is 6.42 Å². The number of nitrogens with two attached hydrogens (primary N) is 1. The Labute approximate surface area is 114 Å². The number of carbonyl (C=O) groups excluding carboxylic acids is 1. The summed E-state index contributed by atoms with van der Waals surface area (Å²) >= 11 is 0. The topological polar surface area (TPSA) is 64.8 Å². The molecule has 1 aromatic rings. The maximum atomic E-state index is 11.8. The van der Waals surface area contributed by atoms with Crippen molar-refractivity contribution >= 4 is 5.91 Å². The first-order chi connectivity index (χ1) is 8.90. The molecule has 0 aliphatic carbocycles. The van der Waals surface area contributed by atoms with E-state index in [9.17, 15) is 4.79 Å². The van der Waals surface area contributed by atoms with Crippen molar-refractivity contribution in [3.05, 3.63) is 23.3 Å². The lowest BCUT2D eigenvalue weighted by atomic mass is 10.0. The van der Waals surface area contributed by atoms with Crippen molar-refractivity contribution < 1.29 is 14.3 Å². The summed E-state index contributed by atoms with van der Waals surface area (Å²) in [6, 6.07) is 3.18. The van der Waals surface area contributed by atoms with Gasteiger partial charge in [0.1, 0.15) is 11.5 Å². The van der Waals surface area contributed by atoms with Gasteiger partial charge in [0, 0.05) is 20.5 Å². The van der Waals surface area contributed by atoms with Crippen molar-refractivity contribution in [2.24, 2.45) is 5.73 Å². The van der Waals surface area contributed by atoms with E-state index in [2.05, 4.69) is 0 Å². The third-order valence-corrected chi connectivity index (χ3v) is 3.00. The molecule has 1 aromatic carbocycles. The number of hydrogen-bond acceptors (Lipinski definition) is 4. The van der Waals surface area contributed by atoms with Gasteiger partial charge in [0.2, 0.25) is 5.91 Å². The van der Waals surface area contributed by atoms with Crippen LogP contribution in [-0.2, 0) is 11.2 Å². The molecule has 19 heavy (non-hydrogen) atoms. The van der Waals surface area contributed by atoms with Crippen LogP contribution in [0, 0.1) is 6.92 Å². The van der Waals surface area contributed by atoms with Gasteiger partial charge >= 0.3 is 0 Å². The molecule has 1 rings (SSSR count). The molecule has 1 atom stereocenters. The number of benzene rings is 1. The van der Waals surface area contributed by atoms with Crippen molar-refractivity contribution in [3.63, 3.8) is 0 Å². The van der Waals surface area contributed by atoms with E-state index in [0.717, 1.165) is 22.6 Å². The summed E-state index contributed by atoms with van der Waals surface area (Å²) in [6.07, 6.45) is 0.414.